The first-order chi connectivity index (χ1) is 23.2. The third-order valence-electron chi connectivity index (χ3n) is 10.9. The number of fused-ring (bicyclic) bond motifs is 3. The molecule has 9 nitrogen and oxygen atoms in total. The maximum Gasteiger partial charge on any atom is 0.337 e. The van der Waals surface area contributed by atoms with Crippen LogP contribution in [0.5, 0.6) is 0 Å². The van der Waals surface area contributed by atoms with Gasteiger partial charge < -0.3 is 18.6 Å². The monoisotopic (exact) mass is 726 g/mol. The highest BCUT2D eigenvalue weighted by Gasteiger charge is 2.44. The molecule has 0 bridgehead atoms. The number of piperazine rings is 1. The van der Waals surface area contributed by atoms with Crippen molar-refractivity contribution in [1.29, 1.82) is 0 Å². The third-order valence-corrected chi connectivity index (χ3v) is 16.1. The van der Waals surface area contributed by atoms with Crippen LogP contribution >= 0.6 is 23.2 Å². The van der Waals surface area contributed by atoms with E-state index in [4.69, 9.17) is 37.5 Å². The van der Waals surface area contributed by atoms with Crippen molar-refractivity contribution in [3.05, 3.63) is 64.3 Å². The number of hydrogen-bond acceptors (Lipinski definition) is 7. The Hall–Kier alpha value is -2.96. The van der Waals surface area contributed by atoms with Gasteiger partial charge in [-0.3, -0.25) is 9.58 Å². The first kappa shape index (κ1) is 34.5. The zero-order valence-electron chi connectivity index (χ0n) is 29.0. The molecule has 2 aromatic carbocycles. The van der Waals surface area contributed by atoms with Crippen LogP contribution in [-0.4, -0.2) is 89.6 Å². The maximum absolute atomic E-state index is 14.3. The number of nitrogens with zero attached hydrogens (tertiary/aromatic N) is 6. The number of ether oxygens (including phenoxy) is 1. The number of carbonyl (C=O) groups is 1. The van der Waals surface area contributed by atoms with Crippen LogP contribution in [0, 0.1) is 0 Å². The normalized spacial score (nSPS) is 22.1. The summed E-state index contributed by atoms with van der Waals surface area (Å²) in [4.78, 5) is 22.8. The van der Waals surface area contributed by atoms with Crippen molar-refractivity contribution in [2.75, 3.05) is 37.7 Å². The van der Waals surface area contributed by atoms with Crippen molar-refractivity contribution in [2.45, 2.75) is 89.6 Å². The molecule has 4 aromatic rings. The number of anilines is 1. The van der Waals surface area contributed by atoms with Crippen molar-refractivity contribution in [1.82, 2.24) is 24.2 Å². The summed E-state index contributed by atoms with van der Waals surface area (Å²) in [6.07, 6.45) is 3.77. The van der Waals surface area contributed by atoms with Crippen LogP contribution in [0.4, 0.5) is 10.1 Å². The highest BCUT2D eigenvalue weighted by Crippen LogP contribution is 2.41. The summed E-state index contributed by atoms with van der Waals surface area (Å²) in [6.45, 7) is 17.7. The molecule has 4 atom stereocenters. The van der Waals surface area contributed by atoms with E-state index in [9.17, 15) is 9.18 Å². The number of esters is 1. The van der Waals surface area contributed by atoms with E-state index < -0.39 is 26.5 Å². The molecule has 49 heavy (non-hydrogen) atoms. The molecule has 0 amide bonds. The summed E-state index contributed by atoms with van der Waals surface area (Å²) in [7, 11) is -1.81. The molecule has 2 aromatic heterocycles. The van der Waals surface area contributed by atoms with E-state index in [-0.39, 0.29) is 24.6 Å². The van der Waals surface area contributed by atoms with Crippen LogP contribution in [0.3, 0.4) is 0 Å². The summed E-state index contributed by atoms with van der Waals surface area (Å²) in [5.41, 5.74) is 4.39. The van der Waals surface area contributed by atoms with E-state index in [0.29, 0.717) is 44.5 Å². The minimum Gasteiger partial charge on any atom is -0.464 e. The van der Waals surface area contributed by atoms with Gasteiger partial charge in [0.2, 0.25) is 0 Å². The average molecular weight is 728 g/mol. The van der Waals surface area contributed by atoms with Crippen LogP contribution in [0.2, 0.25) is 28.2 Å². The lowest BCUT2D eigenvalue weighted by atomic mass is 10.0. The molecular weight excluding hydrogens is 682 g/mol. The zero-order valence-corrected chi connectivity index (χ0v) is 31.6. The lowest BCUT2D eigenvalue weighted by Crippen LogP contribution is -2.50. The molecule has 0 radical (unpaired) electrons. The molecule has 0 N–H and O–H groups in total. The van der Waals surface area contributed by atoms with Crippen molar-refractivity contribution in [3.63, 3.8) is 0 Å². The number of halogens is 3. The lowest BCUT2D eigenvalue weighted by molar-refractivity contribution is -0.146. The minimum atomic E-state index is -1.81. The molecule has 0 saturated carbocycles. The molecule has 2 saturated heterocycles. The van der Waals surface area contributed by atoms with Gasteiger partial charge in [-0.15, -0.1) is 0 Å². The average Bonchev–Trinajstić information content (AvgIpc) is 3.82. The number of benzene rings is 2. The number of rotatable bonds is 8. The van der Waals surface area contributed by atoms with Crippen LogP contribution in [0.15, 0.2) is 42.9 Å². The van der Waals surface area contributed by atoms with Gasteiger partial charge in [0.25, 0.3) is 0 Å². The first-order valence-electron chi connectivity index (χ1n) is 17.2. The topological polar surface area (TPSA) is 77.7 Å². The number of hydrogen-bond donors (Lipinski definition) is 0. The van der Waals surface area contributed by atoms with E-state index in [0.717, 1.165) is 43.7 Å². The Morgan fingerprint density at radius 3 is 2.59 bits per heavy atom. The number of carbonyl (C=O) groups excluding carboxylic acids is 1. The summed E-state index contributed by atoms with van der Waals surface area (Å²) < 4.78 is 29.7. The Morgan fingerprint density at radius 2 is 1.88 bits per heavy atom. The lowest BCUT2D eigenvalue weighted by Gasteiger charge is -2.38. The van der Waals surface area contributed by atoms with Crippen LogP contribution < -0.4 is 4.90 Å². The Balaban J connectivity index is 1.11. The second kappa shape index (κ2) is 13.0. The quantitative estimate of drug-likeness (QED) is 0.137. The van der Waals surface area contributed by atoms with Crippen LogP contribution in [-0.2, 0) is 26.9 Å². The molecule has 3 aliphatic rings. The van der Waals surface area contributed by atoms with Gasteiger partial charge >= 0.3 is 5.97 Å². The molecule has 3 aliphatic heterocycles. The second-order valence-corrected chi connectivity index (χ2v) is 20.7. The van der Waals surface area contributed by atoms with Crippen LogP contribution in [0.1, 0.15) is 51.5 Å². The van der Waals surface area contributed by atoms with Gasteiger partial charge in [-0.2, -0.15) is 5.10 Å². The summed E-state index contributed by atoms with van der Waals surface area (Å²) in [5.74, 6) is -0.528. The van der Waals surface area contributed by atoms with Gasteiger partial charge in [-0.1, -0.05) is 56.1 Å². The fraction of sp³-hybridized carbons (Fsp3) is 0.528. The predicted molar refractivity (Wildman–Crippen MR) is 195 cm³/mol. The molecule has 262 valence electrons. The van der Waals surface area contributed by atoms with Crippen LogP contribution in [0.25, 0.3) is 22.0 Å². The molecule has 1 unspecified atom stereocenters. The summed E-state index contributed by atoms with van der Waals surface area (Å²) in [5, 5.41) is 6.45. The highest BCUT2D eigenvalue weighted by molar-refractivity contribution is 6.74. The Labute approximate surface area is 298 Å². The van der Waals surface area contributed by atoms with Gasteiger partial charge in [-0.25, -0.2) is 14.2 Å². The Morgan fingerprint density at radius 1 is 1.12 bits per heavy atom. The van der Waals surface area contributed by atoms with Gasteiger partial charge in [0, 0.05) is 67.2 Å². The summed E-state index contributed by atoms with van der Waals surface area (Å²) >= 11 is 13.9. The van der Waals surface area contributed by atoms with Crippen molar-refractivity contribution >= 4 is 54.1 Å². The van der Waals surface area contributed by atoms with E-state index in [1.54, 1.807) is 24.0 Å². The molecule has 7 rings (SSSR count). The van der Waals surface area contributed by atoms with E-state index in [2.05, 4.69) is 72.9 Å². The van der Waals surface area contributed by atoms with E-state index >= 15 is 0 Å². The summed E-state index contributed by atoms with van der Waals surface area (Å²) in [6, 6.07) is 9.75. The largest absolute Gasteiger partial charge is 0.464 e. The molecule has 0 spiro atoms. The van der Waals surface area contributed by atoms with Gasteiger partial charge in [0.05, 0.1) is 41.3 Å². The van der Waals surface area contributed by atoms with Gasteiger partial charge in [0.1, 0.15) is 11.7 Å². The maximum atomic E-state index is 14.3. The SMILES string of the molecule is CCOC(=O)C(c1ncn2c1C[C@@H](F)C2)n1cc2c(Cl)cc(-c3ccc(N4CCN5C[C@H](O[Si](C)(C)C(C)(C)C)C[C@H]5C4)cc3)c(Cl)c2n1. The number of aromatic nitrogens is 4. The standard InChI is InChI=1S/C36H45Cl2FN6O3Si/c1-7-47-35(46)34(33-30-14-23(39)17-44(30)21-40-33)45-20-28-29(37)16-27(31(38)32(28)41-45)22-8-10-24(11-9-22)42-12-13-43-19-26(15-25(43)18-42)48-49(5,6)36(2,3)4/h8-11,16,20-21,23,25-26,34H,7,12-15,17-19H2,1-6H3/t23-,25+,26-,34?/m1/s1. The Kier molecular flexibility index (Phi) is 9.13. The van der Waals surface area contributed by atoms with E-state index in [1.165, 1.54) is 10.4 Å². The van der Waals surface area contributed by atoms with Gasteiger partial charge in [0.15, 0.2) is 14.4 Å². The molecule has 2 fully saturated rings. The second-order valence-electron chi connectivity index (χ2n) is 15.2. The Bertz CT molecular complexity index is 1870. The molecule has 13 heteroatoms. The third kappa shape index (κ3) is 6.41. The highest BCUT2D eigenvalue weighted by atomic mass is 35.5. The molecule has 5 heterocycles. The van der Waals surface area contributed by atoms with E-state index in [1.807, 2.05) is 6.07 Å². The van der Waals surface area contributed by atoms with Crippen molar-refractivity contribution < 1.29 is 18.3 Å². The fourth-order valence-electron chi connectivity index (χ4n) is 7.31. The number of imidazole rings is 1. The molecular formula is C36H45Cl2FN6O3Si. The predicted octanol–water partition coefficient (Wildman–Crippen LogP) is 7.54. The van der Waals surface area contributed by atoms with Gasteiger partial charge in [-0.05, 0) is 55.2 Å². The zero-order chi connectivity index (χ0) is 34.8. The minimum absolute atomic E-state index is 0.177. The first-order valence-corrected chi connectivity index (χ1v) is 20.9. The fourth-order valence-corrected chi connectivity index (χ4v) is 9.22. The molecule has 0 aliphatic carbocycles. The van der Waals surface area contributed by atoms with Crippen molar-refractivity contribution in [2.24, 2.45) is 0 Å². The van der Waals surface area contributed by atoms with Crippen molar-refractivity contribution in [3.8, 4) is 11.1 Å². The number of alkyl halides is 1. The smallest absolute Gasteiger partial charge is 0.337 e.